The van der Waals surface area contributed by atoms with Gasteiger partial charge in [-0.25, -0.2) is 4.98 Å². The second kappa shape index (κ2) is 7.33. The lowest BCUT2D eigenvalue weighted by atomic mass is 10.1. The van der Waals surface area contributed by atoms with Crippen LogP contribution in [0.3, 0.4) is 0 Å². The maximum Gasteiger partial charge on any atom is 0.254 e. The first kappa shape index (κ1) is 18.0. The molecule has 2 heterocycles. The molecule has 4 rings (SSSR count). The van der Waals surface area contributed by atoms with Gasteiger partial charge >= 0.3 is 0 Å². The molecule has 2 aromatic carbocycles. The van der Waals surface area contributed by atoms with Gasteiger partial charge in [0.2, 0.25) is 0 Å². The fourth-order valence-corrected chi connectivity index (χ4v) is 3.81. The largest absolute Gasteiger partial charge is 0.440 e. The van der Waals surface area contributed by atoms with E-state index < -0.39 is 0 Å². The minimum absolute atomic E-state index is 0.0185. The summed E-state index contributed by atoms with van der Waals surface area (Å²) < 4.78 is 5.89. The van der Waals surface area contributed by atoms with E-state index in [0.29, 0.717) is 28.5 Å². The lowest BCUT2D eigenvalue weighted by molar-refractivity contribution is 0.0737. The standard InChI is InChI=1S/C21H22ClN3O2/c1-24-9-8-17(13-24)25(2)21(26)15-6-7-18-19(12-15)27-20(23-18)11-14-4-3-5-16(22)10-14/h3-7,10,12,17H,8-9,11,13H2,1-2H3. The van der Waals surface area contributed by atoms with Crippen molar-refractivity contribution in [2.24, 2.45) is 0 Å². The van der Waals surface area contributed by atoms with Crippen LogP contribution in [0.15, 0.2) is 46.9 Å². The van der Waals surface area contributed by atoms with E-state index >= 15 is 0 Å². The highest BCUT2D eigenvalue weighted by Gasteiger charge is 2.27. The number of halogens is 1. The molecule has 0 saturated carbocycles. The van der Waals surface area contributed by atoms with Crippen LogP contribution in [-0.2, 0) is 6.42 Å². The maximum atomic E-state index is 12.8. The lowest BCUT2D eigenvalue weighted by Crippen LogP contribution is -2.38. The van der Waals surface area contributed by atoms with Crippen molar-refractivity contribution in [3.8, 4) is 0 Å². The van der Waals surface area contributed by atoms with Gasteiger partial charge in [0, 0.05) is 36.6 Å². The second-order valence-electron chi connectivity index (χ2n) is 7.22. The molecule has 0 radical (unpaired) electrons. The monoisotopic (exact) mass is 383 g/mol. The smallest absolute Gasteiger partial charge is 0.254 e. The Labute approximate surface area is 163 Å². The molecule has 5 nitrogen and oxygen atoms in total. The zero-order chi connectivity index (χ0) is 19.0. The third-order valence-corrected chi connectivity index (χ3v) is 5.39. The molecule has 3 aromatic rings. The number of likely N-dealkylation sites (tertiary alicyclic amines) is 1. The molecule has 1 saturated heterocycles. The molecular formula is C21H22ClN3O2. The average Bonchev–Trinajstić information content (AvgIpc) is 3.25. The van der Waals surface area contributed by atoms with Gasteiger partial charge in [0.05, 0.1) is 0 Å². The van der Waals surface area contributed by atoms with Crippen molar-refractivity contribution in [1.29, 1.82) is 0 Å². The number of rotatable bonds is 4. The van der Waals surface area contributed by atoms with Crippen molar-refractivity contribution in [3.05, 3.63) is 64.5 Å². The molecule has 0 bridgehead atoms. The molecule has 1 amide bonds. The van der Waals surface area contributed by atoms with Crippen LogP contribution in [0.4, 0.5) is 0 Å². The molecule has 140 valence electrons. The Bertz CT molecular complexity index is 984. The summed E-state index contributed by atoms with van der Waals surface area (Å²) in [6, 6.07) is 13.4. The first-order chi connectivity index (χ1) is 13.0. The first-order valence-corrected chi connectivity index (χ1v) is 9.47. The molecular weight excluding hydrogens is 362 g/mol. The third kappa shape index (κ3) is 3.84. The lowest BCUT2D eigenvalue weighted by Gasteiger charge is -2.24. The summed E-state index contributed by atoms with van der Waals surface area (Å²) in [5.41, 5.74) is 3.06. The second-order valence-corrected chi connectivity index (χ2v) is 7.65. The van der Waals surface area contributed by atoms with E-state index in [2.05, 4.69) is 16.9 Å². The van der Waals surface area contributed by atoms with Crippen molar-refractivity contribution < 1.29 is 9.21 Å². The molecule has 1 unspecified atom stereocenters. The van der Waals surface area contributed by atoms with E-state index in [1.54, 1.807) is 6.07 Å². The van der Waals surface area contributed by atoms with E-state index in [-0.39, 0.29) is 11.9 Å². The predicted molar refractivity (Wildman–Crippen MR) is 106 cm³/mol. The molecule has 0 N–H and O–H groups in total. The van der Waals surface area contributed by atoms with Gasteiger partial charge in [-0.3, -0.25) is 4.79 Å². The van der Waals surface area contributed by atoms with Crippen molar-refractivity contribution in [2.45, 2.75) is 18.9 Å². The zero-order valence-electron chi connectivity index (χ0n) is 15.5. The number of carbonyl (C=O) groups excluding carboxylic acids is 1. The Morgan fingerprint density at radius 3 is 2.93 bits per heavy atom. The molecule has 1 aromatic heterocycles. The quantitative estimate of drug-likeness (QED) is 0.686. The molecule has 1 atom stereocenters. The Balaban J connectivity index is 1.54. The Hall–Kier alpha value is -2.37. The summed E-state index contributed by atoms with van der Waals surface area (Å²) in [6.45, 7) is 1.94. The minimum Gasteiger partial charge on any atom is -0.440 e. The fourth-order valence-electron chi connectivity index (χ4n) is 3.60. The van der Waals surface area contributed by atoms with Crippen LogP contribution in [0.5, 0.6) is 0 Å². The summed E-state index contributed by atoms with van der Waals surface area (Å²) in [7, 11) is 3.96. The predicted octanol–water partition coefficient (Wildman–Crippen LogP) is 3.85. The number of benzene rings is 2. The summed E-state index contributed by atoms with van der Waals surface area (Å²) in [4.78, 5) is 21.5. The molecule has 0 aliphatic carbocycles. The van der Waals surface area contributed by atoms with Crippen LogP contribution in [0.2, 0.25) is 5.02 Å². The number of oxazole rings is 1. The molecule has 1 fully saturated rings. The van der Waals surface area contributed by atoms with Gasteiger partial charge < -0.3 is 14.2 Å². The number of hydrogen-bond acceptors (Lipinski definition) is 4. The number of fused-ring (bicyclic) bond motifs is 1. The number of nitrogens with zero attached hydrogens (tertiary/aromatic N) is 3. The van der Waals surface area contributed by atoms with Crippen molar-refractivity contribution in [3.63, 3.8) is 0 Å². The van der Waals surface area contributed by atoms with Crippen molar-refractivity contribution >= 4 is 28.6 Å². The molecule has 6 heteroatoms. The van der Waals surface area contributed by atoms with Crippen molar-refractivity contribution in [2.75, 3.05) is 27.2 Å². The van der Waals surface area contributed by atoms with E-state index in [9.17, 15) is 4.79 Å². The van der Waals surface area contributed by atoms with Gasteiger partial charge in [-0.1, -0.05) is 23.7 Å². The number of likely N-dealkylation sites (N-methyl/N-ethyl adjacent to an activating group) is 2. The number of carbonyl (C=O) groups is 1. The minimum atomic E-state index is 0.0185. The van der Waals surface area contributed by atoms with E-state index in [1.807, 2.05) is 48.3 Å². The summed E-state index contributed by atoms with van der Waals surface area (Å²) >= 11 is 6.04. The third-order valence-electron chi connectivity index (χ3n) is 5.16. The van der Waals surface area contributed by atoms with Gasteiger partial charge in [-0.15, -0.1) is 0 Å². The topological polar surface area (TPSA) is 49.6 Å². The summed E-state index contributed by atoms with van der Waals surface area (Å²) in [6.07, 6.45) is 1.57. The van der Waals surface area contributed by atoms with Gasteiger partial charge in [-0.2, -0.15) is 0 Å². The molecule has 27 heavy (non-hydrogen) atoms. The van der Waals surface area contributed by atoms with Gasteiger partial charge in [-0.05, 0) is 55.9 Å². The van der Waals surface area contributed by atoms with E-state index in [0.717, 1.165) is 30.6 Å². The van der Waals surface area contributed by atoms with E-state index in [1.165, 1.54) is 0 Å². The highest BCUT2D eigenvalue weighted by atomic mass is 35.5. The first-order valence-electron chi connectivity index (χ1n) is 9.09. The SMILES string of the molecule is CN1CCC(N(C)C(=O)c2ccc3nc(Cc4cccc(Cl)c4)oc3c2)C1. The highest BCUT2D eigenvalue weighted by molar-refractivity contribution is 6.30. The highest BCUT2D eigenvalue weighted by Crippen LogP contribution is 2.22. The van der Waals surface area contributed by atoms with Crippen LogP contribution in [0, 0.1) is 0 Å². The average molecular weight is 384 g/mol. The Morgan fingerprint density at radius 1 is 1.33 bits per heavy atom. The van der Waals surface area contributed by atoms with Gasteiger partial charge in [0.25, 0.3) is 5.91 Å². The van der Waals surface area contributed by atoms with Crippen LogP contribution in [-0.4, -0.2) is 53.9 Å². The number of amides is 1. The summed E-state index contributed by atoms with van der Waals surface area (Å²) in [5, 5.41) is 0.692. The summed E-state index contributed by atoms with van der Waals surface area (Å²) in [5.74, 6) is 0.632. The maximum absolute atomic E-state index is 12.8. The Morgan fingerprint density at radius 2 is 2.19 bits per heavy atom. The fraction of sp³-hybridized carbons (Fsp3) is 0.333. The van der Waals surface area contributed by atoms with Crippen LogP contribution in [0.25, 0.3) is 11.1 Å². The van der Waals surface area contributed by atoms with Crippen LogP contribution >= 0.6 is 11.6 Å². The molecule has 1 aliphatic rings. The van der Waals surface area contributed by atoms with Gasteiger partial charge in [0.15, 0.2) is 11.5 Å². The van der Waals surface area contributed by atoms with Crippen LogP contribution in [0.1, 0.15) is 28.2 Å². The van der Waals surface area contributed by atoms with E-state index in [4.69, 9.17) is 16.0 Å². The normalized spacial score (nSPS) is 17.5. The Kier molecular flexibility index (Phi) is 4.89. The zero-order valence-corrected chi connectivity index (χ0v) is 16.2. The van der Waals surface area contributed by atoms with Gasteiger partial charge in [0.1, 0.15) is 5.52 Å². The molecule has 1 aliphatic heterocycles. The number of hydrogen-bond donors (Lipinski definition) is 0. The van der Waals surface area contributed by atoms with Crippen LogP contribution < -0.4 is 0 Å². The van der Waals surface area contributed by atoms with Crippen molar-refractivity contribution in [1.82, 2.24) is 14.8 Å². The molecule has 0 spiro atoms. The number of aromatic nitrogens is 1.